The summed E-state index contributed by atoms with van der Waals surface area (Å²) in [5.74, 6) is -1.62. The highest BCUT2D eigenvalue weighted by Crippen LogP contribution is 2.15. The van der Waals surface area contributed by atoms with Crippen molar-refractivity contribution in [1.29, 1.82) is 0 Å². The van der Waals surface area contributed by atoms with Crippen molar-refractivity contribution in [2.75, 3.05) is 18.5 Å². The Bertz CT molecular complexity index is 744. The first-order chi connectivity index (χ1) is 12.0. The van der Waals surface area contributed by atoms with Gasteiger partial charge in [-0.1, -0.05) is 30.3 Å². The molecule has 0 saturated heterocycles. The maximum Gasteiger partial charge on any atom is 0.414 e. The number of anilines is 1. The van der Waals surface area contributed by atoms with Crippen molar-refractivity contribution in [1.82, 2.24) is 5.32 Å². The zero-order valence-corrected chi connectivity index (χ0v) is 13.6. The van der Waals surface area contributed by atoms with Crippen molar-refractivity contribution in [3.05, 3.63) is 65.7 Å². The number of carboxylic acids is 1. The van der Waals surface area contributed by atoms with E-state index < -0.39 is 24.5 Å². The van der Waals surface area contributed by atoms with Crippen LogP contribution in [0.2, 0.25) is 0 Å². The second kappa shape index (κ2) is 8.49. The molecule has 2 N–H and O–H groups in total. The summed E-state index contributed by atoms with van der Waals surface area (Å²) in [7, 11) is 1.56. The molecule has 0 aliphatic heterocycles. The predicted octanol–water partition coefficient (Wildman–Crippen LogP) is 2.27. The van der Waals surface area contributed by atoms with E-state index in [2.05, 4.69) is 5.32 Å². The number of aliphatic carboxylic acids is 1. The molecule has 0 unspecified atom stereocenters. The van der Waals surface area contributed by atoms with Gasteiger partial charge in [0.25, 0.3) is 5.91 Å². The zero-order chi connectivity index (χ0) is 18.2. The van der Waals surface area contributed by atoms with E-state index in [1.165, 1.54) is 17.0 Å². The van der Waals surface area contributed by atoms with Gasteiger partial charge < -0.3 is 15.2 Å². The van der Waals surface area contributed by atoms with Gasteiger partial charge in [0.15, 0.2) is 0 Å². The molecular weight excluding hydrogens is 324 g/mol. The summed E-state index contributed by atoms with van der Waals surface area (Å²) in [4.78, 5) is 35.6. The lowest BCUT2D eigenvalue weighted by Gasteiger charge is -2.17. The maximum atomic E-state index is 12.1. The van der Waals surface area contributed by atoms with Crippen LogP contribution in [0.4, 0.5) is 10.5 Å². The summed E-state index contributed by atoms with van der Waals surface area (Å²) in [6.45, 7) is -0.286. The van der Waals surface area contributed by atoms with E-state index >= 15 is 0 Å². The van der Waals surface area contributed by atoms with Crippen LogP contribution in [0.1, 0.15) is 15.9 Å². The molecule has 7 heteroatoms. The summed E-state index contributed by atoms with van der Waals surface area (Å²) in [5.41, 5.74) is 1.73. The molecule has 0 aliphatic carbocycles. The van der Waals surface area contributed by atoms with Crippen LogP contribution in [0.15, 0.2) is 54.6 Å². The fourth-order valence-electron chi connectivity index (χ4n) is 2.02. The van der Waals surface area contributed by atoms with Gasteiger partial charge in [-0.25, -0.2) is 4.79 Å². The molecular formula is C18H18N2O5. The molecule has 130 valence electrons. The number of carboxylic acid groups (broad SMARTS) is 1. The van der Waals surface area contributed by atoms with Crippen LogP contribution in [0.25, 0.3) is 0 Å². The quantitative estimate of drug-likeness (QED) is 0.839. The average molecular weight is 342 g/mol. The molecule has 2 aromatic rings. The molecule has 2 rings (SSSR count). The Morgan fingerprint density at radius 2 is 1.68 bits per heavy atom. The summed E-state index contributed by atoms with van der Waals surface area (Å²) in [6, 6.07) is 15.5. The van der Waals surface area contributed by atoms with Crippen LogP contribution in [-0.4, -0.2) is 36.7 Å². The molecule has 0 heterocycles. The minimum Gasteiger partial charge on any atom is -0.480 e. The van der Waals surface area contributed by atoms with Crippen molar-refractivity contribution < 1.29 is 24.2 Å². The molecule has 0 spiro atoms. The highest BCUT2D eigenvalue weighted by molar-refractivity contribution is 5.96. The Morgan fingerprint density at radius 1 is 1.04 bits per heavy atom. The van der Waals surface area contributed by atoms with Crippen molar-refractivity contribution >= 4 is 23.7 Å². The van der Waals surface area contributed by atoms with Crippen molar-refractivity contribution in [2.45, 2.75) is 6.61 Å². The first-order valence-electron chi connectivity index (χ1n) is 7.52. The van der Waals surface area contributed by atoms with E-state index in [1.54, 1.807) is 19.2 Å². The second-order valence-corrected chi connectivity index (χ2v) is 5.22. The number of hydrogen-bond donors (Lipinski definition) is 2. The number of carbonyl (C=O) groups excluding carboxylic acids is 2. The van der Waals surface area contributed by atoms with E-state index in [9.17, 15) is 14.4 Å². The standard InChI is InChI=1S/C18H18N2O5/c1-20(18(24)25-12-13-5-3-2-4-6-13)15-9-7-14(8-10-15)17(23)19-11-16(21)22/h2-10H,11-12H2,1H3,(H,19,23)(H,21,22). The molecule has 0 aliphatic rings. The smallest absolute Gasteiger partial charge is 0.414 e. The van der Waals surface area contributed by atoms with Crippen molar-refractivity contribution in [2.24, 2.45) is 0 Å². The molecule has 0 radical (unpaired) electrons. The molecule has 7 nitrogen and oxygen atoms in total. The fourth-order valence-corrected chi connectivity index (χ4v) is 2.02. The van der Waals surface area contributed by atoms with Crippen LogP contribution in [0.3, 0.4) is 0 Å². The van der Waals surface area contributed by atoms with Gasteiger partial charge in [0.2, 0.25) is 0 Å². The SMILES string of the molecule is CN(C(=O)OCc1ccccc1)c1ccc(C(=O)NCC(=O)O)cc1. The number of amides is 2. The van der Waals surface area contributed by atoms with Crippen LogP contribution in [0.5, 0.6) is 0 Å². The van der Waals surface area contributed by atoms with E-state index in [1.807, 2.05) is 30.3 Å². The predicted molar refractivity (Wildman–Crippen MR) is 91.4 cm³/mol. The Balaban J connectivity index is 1.92. The third kappa shape index (κ3) is 5.35. The molecule has 0 aromatic heterocycles. The third-order valence-electron chi connectivity index (χ3n) is 3.40. The van der Waals surface area contributed by atoms with Gasteiger partial charge in [0, 0.05) is 18.3 Å². The summed E-state index contributed by atoms with van der Waals surface area (Å²) in [6.07, 6.45) is -0.521. The molecule has 0 saturated carbocycles. The summed E-state index contributed by atoms with van der Waals surface area (Å²) >= 11 is 0. The normalized spacial score (nSPS) is 9.96. The average Bonchev–Trinajstić information content (AvgIpc) is 2.64. The minimum absolute atomic E-state index is 0.166. The number of nitrogens with one attached hydrogen (secondary N) is 1. The van der Waals surface area contributed by atoms with E-state index in [0.717, 1.165) is 5.56 Å². The molecule has 2 aromatic carbocycles. The Hall–Kier alpha value is -3.35. The van der Waals surface area contributed by atoms with Gasteiger partial charge in [0.1, 0.15) is 13.2 Å². The van der Waals surface area contributed by atoms with Crippen LogP contribution in [-0.2, 0) is 16.1 Å². The van der Waals surface area contributed by atoms with Gasteiger partial charge in [0.05, 0.1) is 0 Å². The summed E-state index contributed by atoms with van der Waals surface area (Å²) < 4.78 is 5.23. The Kier molecular flexibility index (Phi) is 6.11. The van der Waals surface area contributed by atoms with Gasteiger partial charge in [-0.3, -0.25) is 14.5 Å². The third-order valence-corrected chi connectivity index (χ3v) is 3.40. The van der Waals surface area contributed by atoms with E-state index in [0.29, 0.717) is 11.3 Å². The van der Waals surface area contributed by atoms with Crippen LogP contribution < -0.4 is 10.2 Å². The van der Waals surface area contributed by atoms with Gasteiger partial charge >= 0.3 is 12.1 Å². The lowest BCUT2D eigenvalue weighted by atomic mass is 10.2. The van der Waals surface area contributed by atoms with Gasteiger partial charge in [-0.05, 0) is 29.8 Å². The highest BCUT2D eigenvalue weighted by atomic mass is 16.6. The number of nitrogens with zero attached hydrogens (tertiary/aromatic N) is 1. The molecule has 0 atom stereocenters. The Morgan fingerprint density at radius 3 is 2.28 bits per heavy atom. The first kappa shape index (κ1) is 18.0. The number of ether oxygens (including phenoxy) is 1. The van der Waals surface area contributed by atoms with Crippen LogP contribution in [0, 0.1) is 0 Å². The lowest BCUT2D eigenvalue weighted by Crippen LogP contribution is -2.29. The molecule has 0 fully saturated rings. The molecule has 25 heavy (non-hydrogen) atoms. The topological polar surface area (TPSA) is 95.9 Å². The largest absolute Gasteiger partial charge is 0.480 e. The van der Waals surface area contributed by atoms with Crippen molar-refractivity contribution in [3.63, 3.8) is 0 Å². The van der Waals surface area contributed by atoms with Crippen LogP contribution >= 0.6 is 0 Å². The zero-order valence-electron chi connectivity index (χ0n) is 13.6. The number of rotatable bonds is 6. The van der Waals surface area contributed by atoms with Crippen molar-refractivity contribution in [3.8, 4) is 0 Å². The molecule has 0 bridgehead atoms. The Labute approximate surface area is 144 Å². The summed E-state index contributed by atoms with van der Waals surface area (Å²) in [5, 5.41) is 10.8. The highest BCUT2D eigenvalue weighted by Gasteiger charge is 2.13. The van der Waals surface area contributed by atoms with Gasteiger partial charge in [-0.15, -0.1) is 0 Å². The fraction of sp³-hybridized carbons (Fsp3) is 0.167. The van der Waals surface area contributed by atoms with Gasteiger partial charge in [-0.2, -0.15) is 0 Å². The second-order valence-electron chi connectivity index (χ2n) is 5.22. The number of carbonyl (C=O) groups is 3. The van der Waals surface area contributed by atoms with E-state index in [-0.39, 0.29) is 6.61 Å². The maximum absolute atomic E-state index is 12.1. The monoisotopic (exact) mass is 342 g/mol. The molecule has 2 amide bonds. The van der Waals surface area contributed by atoms with E-state index in [4.69, 9.17) is 9.84 Å². The first-order valence-corrected chi connectivity index (χ1v) is 7.52. The minimum atomic E-state index is -1.12. The number of hydrogen-bond acceptors (Lipinski definition) is 4. The number of benzene rings is 2. The lowest BCUT2D eigenvalue weighted by molar-refractivity contribution is -0.135.